The SMILES string of the molecule is Br.CCCCCCCCCCCCC(c1ccccc1)C(P)(c1ccccc1)c1ccccc1. The molecule has 0 bridgehead atoms. The molecule has 0 saturated carbocycles. The van der Waals surface area contributed by atoms with E-state index in [0.717, 1.165) is 0 Å². The van der Waals surface area contributed by atoms with Crippen LogP contribution in [-0.2, 0) is 5.16 Å². The molecule has 3 rings (SSSR count). The van der Waals surface area contributed by atoms with Crippen molar-refractivity contribution >= 4 is 26.2 Å². The molecule has 3 aromatic rings. The third-order valence-corrected chi connectivity index (χ3v) is 8.17. The minimum absolute atomic E-state index is 0. The van der Waals surface area contributed by atoms with Crippen molar-refractivity contribution in [2.45, 2.75) is 88.6 Å². The van der Waals surface area contributed by atoms with Gasteiger partial charge in [-0.3, -0.25) is 0 Å². The van der Waals surface area contributed by atoms with E-state index in [2.05, 4.69) is 107 Å². The summed E-state index contributed by atoms with van der Waals surface area (Å²) in [6.45, 7) is 2.29. The molecule has 0 aliphatic rings. The van der Waals surface area contributed by atoms with Gasteiger partial charge in [0, 0.05) is 11.1 Å². The van der Waals surface area contributed by atoms with Crippen LogP contribution in [0, 0.1) is 0 Å². The lowest BCUT2D eigenvalue weighted by Crippen LogP contribution is -2.29. The summed E-state index contributed by atoms with van der Waals surface area (Å²) in [5, 5.41) is -0.136. The molecule has 0 nitrogen and oxygen atoms in total. The summed E-state index contributed by atoms with van der Waals surface area (Å²) in [5.74, 6) is 0.419. The zero-order valence-corrected chi connectivity index (χ0v) is 23.9. The number of hydrogen-bond acceptors (Lipinski definition) is 0. The first-order valence-electron chi connectivity index (χ1n) is 13.2. The highest BCUT2D eigenvalue weighted by Gasteiger charge is 2.38. The van der Waals surface area contributed by atoms with Crippen LogP contribution in [0.2, 0.25) is 0 Å². The van der Waals surface area contributed by atoms with Crippen LogP contribution in [-0.4, -0.2) is 0 Å². The first kappa shape index (κ1) is 28.8. The van der Waals surface area contributed by atoms with Gasteiger partial charge in [-0.05, 0) is 23.1 Å². The van der Waals surface area contributed by atoms with Gasteiger partial charge in [0.25, 0.3) is 0 Å². The van der Waals surface area contributed by atoms with Crippen LogP contribution in [0.1, 0.15) is 100 Å². The van der Waals surface area contributed by atoms with E-state index in [1.165, 1.54) is 87.3 Å². The normalized spacial score (nSPS) is 12.2. The van der Waals surface area contributed by atoms with Crippen LogP contribution in [0.3, 0.4) is 0 Å². The van der Waals surface area contributed by atoms with E-state index in [1.807, 2.05) is 0 Å². The molecule has 2 heteroatoms. The maximum absolute atomic E-state index is 3.29. The van der Waals surface area contributed by atoms with Crippen LogP contribution in [0.4, 0.5) is 0 Å². The molecule has 0 amide bonds. The molecular formula is C32H44BrP. The molecule has 34 heavy (non-hydrogen) atoms. The molecule has 0 aliphatic carbocycles. The number of halogens is 1. The molecule has 2 atom stereocenters. The molecule has 0 aromatic heterocycles. The van der Waals surface area contributed by atoms with Crippen molar-refractivity contribution in [1.29, 1.82) is 0 Å². The molecule has 0 N–H and O–H groups in total. The highest BCUT2D eigenvalue weighted by molar-refractivity contribution is 8.93. The van der Waals surface area contributed by atoms with E-state index in [4.69, 9.17) is 0 Å². The lowest BCUT2D eigenvalue weighted by atomic mass is 9.74. The average Bonchev–Trinajstić information content (AvgIpc) is 2.88. The summed E-state index contributed by atoms with van der Waals surface area (Å²) >= 11 is 0. The van der Waals surface area contributed by atoms with E-state index < -0.39 is 0 Å². The molecular weight excluding hydrogens is 495 g/mol. The molecule has 184 valence electrons. The molecule has 0 aliphatic heterocycles. The first-order valence-corrected chi connectivity index (χ1v) is 13.8. The fraction of sp³-hybridized carbons (Fsp3) is 0.438. The number of benzene rings is 3. The first-order chi connectivity index (χ1) is 16.3. The molecule has 0 radical (unpaired) electrons. The highest BCUT2D eigenvalue weighted by Crippen LogP contribution is 2.51. The predicted octanol–water partition coefficient (Wildman–Crippen LogP) is 10.5. The maximum atomic E-state index is 3.29. The third kappa shape index (κ3) is 8.35. The fourth-order valence-electron chi connectivity index (χ4n) is 5.18. The van der Waals surface area contributed by atoms with Crippen LogP contribution >= 0.6 is 26.2 Å². The summed E-state index contributed by atoms with van der Waals surface area (Å²) in [5.41, 5.74) is 4.19. The lowest BCUT2D eigenvalue weighted by molar-refractivity contribution is 0.476. The quantitative estimate of drug-likeness (QED) is 0.133. The zero-order valence-electron chi connectivity index (χ0n) is 21.0. The van der Waals surface area contributed by atoms with E-state index in [1.54, 1.807) is 0 Å². The lowest BCUT2D eigenvalue weighted by Gasteiger charge is -2.39. The van der Waals surface area contributed by atoms with Crippen LogP contribution in [0.5, 0.6) is 0 Å². The third-order valence-electron chi connectivity index (χ3n) is 7.10. The van der Waals surface area contributed by atoms with E-state index in [9.17, 15) is 0 Å². The smallest absolute Gasteiger partial charge is 0.0412 e. The number of unbranched alkanes of at least 4 members (excludes halogenated alkanes) is 9. The summed E-state index contributed by atoms with van der Waals surface area (Å²) in [7, 11) is 3.29. The van der Waals surface area contributed by atoms with Crippen molar-refractivity contribution in [1.82, 2.24) is 0 Å². The number of hydrogen-bond donors (Lipinski definition) is 0. The summed E-state index contributed by atoms with van der Waals surface area (Å²) in [6, 6.07) is 33.3. The average molecular weight is 540 g/mol. The van der Waals surface area contributed by atoms with Crippen molar-refractivity contribution in [3.63, 3.8) is 0 Å². The van der Waals surface area contributed by atoms with Gasteiger partial charge in [0.05, 0.1) is 0 Å². The predicted molar refractivity (Wildman–Crippen MR) is 159 cm³/mol. The van der Waals surface area contributed by atoms with Gasteiger partial charge < -0.3 is 0 Å². The second-order valence-electron chi connectivity index (χ2n) is 9.53. The van der Waals surface area contributed by atoms with Crippen molar-refractivity contribution in [2.75, 3.05) is 0 Å². The van der Waals surface area contributed by atoms with Crippen molar-refractivity contribution in [2.24, 2.45) is 0 Å². The molecule has 0 fully saturated rings. The van der Waals surface area contributed by atoms with Crippen LogP contribution in [0.15, 0.2) is 91.0 Å². The van der Waals surface area contributed by atoms with E-state index in [0.29, 0.717) is 5.92 Å². The highest BCUT2D eigenvalue weighted by atomic mass is 79.9. The Hall–Kier alpha value is -1.43. The molecule has 2 unspecified atom stereocenters. The Morgan fingerprint density at radius 1 is 0.559 bits per heavy atom. The van der Waals surface area contributed by atoms with Gasteiger partial charge in [0.15, 0.2) is 0 Å². The van der Waals surface area contributed by atoms with Crippen LogP contribution < -0.4 is 0 Å². The van der Waals surface area contributed by atoms with Gasteiger partial charge in [-0.15, -0.1) is 26.2 Å². The molecule has 0 saturated heterocycles. The van der Waals surface area contributed by atoms with Gasteiger partial charge in [-0.25, -0.2) is 0 Å². The molecule has 3 aromatic carbocycles. The molecule has 0 spiro atoms. The van der Waals surface area contributed by atoms with Gasteiger partial charge in [-0.1, -0.05) is 162 Å². The summed E-state index contributed by atoms with van der Waals surface area (Å²) in [4.78, 5) is 0. The minimum atomic E-state index is -0.136. The second-order valence-corrected chi connectivity index (χ2v) is 10.4. The Morgan fingerprint density at radius 2 is 0.941 bits per heavy atom. The molecule has 0 heterocycles. The Labute approximate surface area is 221 Å². The van der Waals surface area contributed by atoms with Gasteiger partial charge in [0.1, 0.15) is 0 Å². The second kappa shape index (κ2) is 16.3. The van der Waals surface area contributed by atoms with Gasteiger partial charge in [0.2, 0.25) is 0 Å². The zero-order chi connectivity index (χ0) is 23.2. The van der Waals surface area contributed by atoms with Gasteiger partial charge in [-0.2, -0.15) is 0 Å². The monoisotopic (exact) mass is 538 g/mol. The maximum Gasteiger partial charge on any atom is 0.0412 e. The van der Waals surface area contributed by atoms with Crippen LogP contribution in [0.25, 0.3) is 0 Å². The van der Waals surface area contributed by atoms with Crippen molar-refractivity contribution in [3.05, 3.63) is 108 Å². The number of rotatable bonds is 15. The Morgan fingerprint density at radius 3 is 1.38 bits per heavy atom. The fourth-order valence-corrected chi connectivity index (χ4v) is 5.92. The van der Waals surface area contributed by atoms with Crippen molar-refractivity contribution in [3.8, 4) is 0 Å². The summed E-state index contributed by atoms with van der Waals surface area (Å²) in [6.07, 6.45) is 15.0. The topological polar surface area (TPSA) is 0 Å². The van der Waals surface area contributed by atoms with Gasteiger partial charge >= 0.3 is 0 Å². The largest absolute Gasteiger partial charge is 0.121 e. The standard InChI is InChI=1S/C32H43P.BrH/c1-2-3-4-5-6-7-8-9-10-20-27-31(28-21-14-11-15-22-28)32(33,29-23-16-12-17-24-29)30-25-18-13-19-26-30;/h11-19,21-26,31H,2-10,20,27,33H2,1H3;1H. The van der Waals surface area contributed by atoms with E-state index in [-0.39, 0.29) is 22.1 Å². The summed E-state index contributed by atoms with van der Waals surface area (Å²) < 4.78 is 0. The Kier molecular flexibility index (Phi) is 13.8. The Balaban J connectivity index is 0.00000408. The Bertz CT molecular complexity index is 839. The van der Waals surface area contributed by atoms with E-state index >= 15 is 0 Å². The van der Waals surface area contributed by atoms with Crippen molar-refractivity contribution < 1.29 is 0 Å². The minimum Gasteiger partial charge on any atom is -0.121 e.